The van der Waals surface area contributed by atoms with E-state index in [9.17, 15) is 9.59 Å². The largest absolute Gasteiger partial charge is 0.478 e. The van der Waals surface area contributed by atoms with Crippen molar-refractivity contribution >= 4 is 46.8 Å². The molecule has 0 aliphatic heterocycles. The van der Waals surface area contributed by atoms with Gasteiger partial charge in [-0.2, -0.15) is 0 Å². The van der Waals surface area contributed by atoms with Gasteiger partial charge in [-0.3, -0.25) is 4.79 Å². The standard InChI is InChI=1S/C16H11Cl2NO3/c17-13-6-4-10(8-14(13)18)5-7-15(20)19-12-3-1-2-11(9-12)16(21)22/h1-9H,(H,19,20)(H,21,22)/b7-5+. The second kappa shape index (κ2) is 7.11. The summed E-state index contributed by atoms with van der Waals surface area (Å²) in [5.74, 6) is -1.43. The third-order valence-corrected chi connectivity index (χ3v) is 3.49. The zero-order valence-corrected chi connectivity index (χ0v) is 12.7. The minimum absolute atomic E-state index is 0.103. The number of hydrogen-bond donors (Lipinski definition) is 2. The van der Waals surface area contributed by atoms with Crippen molar-refractivity contribution in [1.82, 2.24) is 0 Å². The number of hydrogen-bond acceptors (Lipinski definition) is 2. The van der Waals surface area contributed by atoms with E-state index in [0.717, 1.165) is 5.56 Å². The summed E-state index contributed by atoms with van der Waals surface area (Å²) in [6, 6.07) is 11.0. The molecule has 0 aliphatic rings. The van der Waals surface area contributed by atoms with E-state index in [4.69, 9.17) is 28.3 Å². The van der Waals surface area contributed by atoms with Gasteiger partial charge in [0.15, 0.2) is 0 Å². The number of benzene rings is 2. The van der Waals surface area contributed by atoms with Crippen LogP contribution in [0.2, 0.25) is 10.0 Å². The van der Waals surface area contributed by atoms with Crippen LogP contribution in [0, 0.1) is 0 Å². The van der Waals surface area contributed by atoms with E-state index < -0.39 is 5.97 Å². The number of rotatable bonds is 4. The van der Waals surface area contributed by atoms with E-state index in [1.807, 2.05) is 0 Å². The fraction of sp³-hybridized carbons (Fsp3) is 0. The minimum atomic E-state index is -1.05. The third kappa shape index (κ3) is 4.35. The summed E-state index contributed by atoms with van der Waals surface area (Å²) in [7, 11) is 0. The predicted octanol–water partition coefficient (Wildman–Crippen LogP) is 4.34. The van der Waals surface area contributed by atoms with Crippen molar-refractivity contribution < 1.29 is 14.7 Å². The average molecular weight is 336 g/mol. The summed E-state index contributed by atoms with van der Waals surface area (Å²) < 4.78 is 0. The molecule has 0 aromatic heterocycles. The summed E-state index contributed by atoms with van der Waals surface area (Å²) in [4.78, 5) is 22.7. The van der Waals surface area contributed by atoms with Crippen molar-refractivity contribution in [3.05, 3.63) is 69.7 Å². The Morgan fingerprint density at radius 1 is 1.05 bits per heavy atom. The van der Waals surface area contributed by atoms with Crippen molar-refractivity contribution in [2.45, 2.75) is 0 Å². The molecule has 6 heteroatoms. The lowest BCUT2D eigenvalue weighted by Gasteiger charge is -2.03. The Hall–Kier alpha value is -2.30. The second-order valence-corrected chi connectivity index (χ2v) is 5.20. The first-order valence-corrected chi connectivity index (χ1v) is 6.99. The van der Waals surface area contributed by atoms with Gasteiger partial charge in [-0.1, -0.05) is 35.3 Å². The van der Waals surface area contributed by atoms with Crippen LogP contribution in [-0.2, 0) is 4.79 Å². The molecule has 4 nitrogen and oxygen atoms in total. The van der Waals surface area contributed by atoms with Crippen molar-refractivity contribution in [1.29, 1.82) is 0 Å². The summed E-state index contributed by atoms with van der Waals surface area (Å²) in [5, 5.41) is 12.3. The van der Waals surface area contributed by atoms with E-state index in [-0.39, 0.29) is 11.5 Å². The van der Waals surface area contributed by atoms with Crippen LogP contribution in [-0.4, -0.2) is 17.0 Å². The van der Waals surface area contributed by atoms with Crippen LogP contribution in [0.25, 0.3) is 6.08 Å². The number of anilines is 1. The lowest BCUT2D eigenvalue weighted by molar-refractivity contribution is -0.111. The fourth-order valence-corrected chi connectivity index (χ4v) is 2.01. The molecular formula is C16H11Cl2NO3. The topological polar surface area (TPSA) is 66.4 Å². The Kier molecular flexibility index (Phi) is 5.20. The highest BCUT2D eigenvalue weighted by atomic mass is 35.5. The zero-order chi connectivity index (χ0) is 16.1. The molecule has 1 amide bonds. The van der Waals surface area contributed by atoms with Crippen LogP contribution in [0.1, 0.15) is 15.9 Å². The van der Waals surface area contributed by atoms with Gasteiger partial charge in [0.2, 0.25) is 5.91 Å². The Balaban J connectivity index is 2.06. The van der Waals surface area contributed by atoms with Crippen molar-refractivity contribution in [2.75, 3.05) is 5.32 Å². The molecule has 2 aromatic carbocycles. The lowest BCUT2D eigenvalue weighted by atomic mass is 10.2. The highest BCUT2D eigenvalue weighted by molar-refractivity contribution is 6.42. The van der Waals surface area contributed by atoms with Crippen molar-refractivity contribution in [3.8, 4) is 0 Å². The van der Waals surface area contributed by atoms with Crippen LogP contribution in [0.3, 0.4) is 0 Å². The number of carbonyl (C=O) groups excluding carboxylic acids is 1. The highest BCUT2D eigenvalue weighted by Crippen LogP contribution is 2.23. The van der Waals surface area contributed by atoms with E-state index >= 15 is 0 Å². The molecule has 0 heterocycles. The van der Waals surface area contributed by atoms with Crippen LogP contribution in [0.15, 0.2) is 48.5 Å². The number of amides is 1. The maximum absolute atomic E-state index is 11.8. The molecule has 0 bridgehead atoms. The smallest absolute Gasteiger partial charge is 0.335 e. The zero-order valence-electron chi connectivity index (χ0n) is 11.2. The highest BCUT2D eigenvalue weighted by Gasteiger charge is 2.04. The van der Waals surface area contributed by atoms with Gasteiger partial charge in [0, 0.05) is 11.8 Å². The van der Waals surface area contributed by atoms with E-state index in [1.54, 1.807) is 36.4 Å². The molecule has 0 saturated heterocycles. The molecule has 0 fully saturated rings. The number of carboxylic acid groups (broad SMARTS) is 1. The molecule has 0 aliphatic carbocycles. The molecule has 0 spiro atoms. The van der Waals surface area contributed by atoms with E-state index in [1.165, 1.54) is 18.2 Å². The molecule has 2 N–H and O–H groups in total. The monoisotopic (exact) mass is 335 g/mol. The maximum Gasteiger partial charge on any atom is 0.335 e. The summed E-state index contributed by atoms with van der Waals surface area (Å²) in [6.07, 6.45) is 2.91. The Morgan fingerprint density at radius 2 is 1.82 bits per heavy atom. The first-order chi connectivity index (χ1) is 10.5. The Bertz CT molecular complexity index is 757. The van der Waals surface area contributed by atoms with Gasteiger partial charge < -0.3 is 10.4 Å². The number of carbonyl (C=O) groups is 2. The number of aromatic carboxylic acids is 1. The number of halogens is 2. The maximum atomic E-state index is 11.8. The Morgan fingerprint density at radius 3 is 2.50 bits per heavy atom. The molecule has 0 saturated carbocycles. The van der Waals surface area contributed by atoms with Gasteiger partial charge >= 0.3 is 5.97 Å². The molecule has 2 aromatic rings. The fourth-order valence-electron chi connectivity index (χ4n) is 1.70. The SMILES string of the molecule is O=C(/C=C/c1ccc(Cl)c(Cl)c1)Nc1cccc(C(=O)O)c1. The van der Waals surface area contributed by atoms with Crippen LogP contribution < -0.4 is 5.32 Å². The lowest BCUT2D eigenvalue weighted by Crippen LogP contribution is -2.08. The summed E-state index contributed by atoms with van der Waals surface area (Å²) >= 11 is 11.7. The van der Waals surface area contributed by atoms with Crippen molar-refractivity contribution in [3.63, 3.8) is 0 Å². The molecule has 0 atom stereocenters. The quantitative estimate of drug-likeness (QED) is 0.816. The van der Waals surface area contributed by atoms with Crippen LogP contribution in [0.5, 0.6) is 0 Å². The predicted molar refractivity (Wildman–Crippen MR) is 87.5 cm³/mol. The normalized spacial score (nSPS) is 10.6. The van der Waals surface area contributed by atoms with Gasteiger partial charge in [0.1, 0.15) is 0 Å². The van der Waals surface area contributed by atoms with Gasteiger partial charge in [0.05, 0.1) is 15.6 Å². The van der Waals surface area contributed by atoms with Gasteiger partial charge in [-0.05, 0) is 42.0 Å². The molecule has 22 heavy (non-hydrogen) atoms. The van der Waals surface area contributed by atoms with Crippen LogP contribution >= 0.6 is 23.2 Å². The molecule has 2 rings (SSSR count). The summed E-state index contributed by atoms with van der Waals surface area (Å²) in [6.45, 7) is 0. The number of nitrogens with one attached hydrogen (secondary N) is 1. The molecule has 112 valence electrons. The van der Waals surface area contributed by atoms with E-state index in [0.29, 0.717) is 15.7 Å². The molecular weight excluding hydrogens is 325 g/mol. The second-order valence-electron chi connectivity index (χ2n) is 4.38. The van der Waals surface area contributed by atoms with Gasteiger partial charge in [-0.25, -0.2) is 4.79 Å². The summed E-state index contributed by atoms with van der Waals surface area (Å²) in [5.41, 5.74) is 1.23. The van der Waals surface area contributed by atoms with Crippen molar-refractivity contribution in [2.24, 2.45) is 0 Å². The van der Waals surface area contributed by atoms with Crippen LogP contribution in [0.4, 0.5) is 5.69 Å². The van der Waals surface area contributed by atoms with Gasteiger partial charge in [0.25, 0.3) is 0 Å². The first-order valence-electron chi connectivity index (χ1n) is 6.23. The third-order valence-electron chi connectivity index (χ3n) is 2.75. The minimum Gasteiger partial charge on any atom is -0.478 e. The molecule has 0 radical (unpaired) electrons. The van der Waals surface area contributed by atoms with Gasteiger partial charge in [-0.15, -0.1) is 0 Å². The number of carboxylic acids is 1. The molecule has 0 unspecified atom stereocenters. The average Bonchev–Trinajstić information content (AvgIpc) is 2.49. The van der Waals surface area contributed by atoms with E-state index in [2.05, 4.69) is 5.32 Å². The first kappa shape index (κ1) is 16.1. The Labute approximate surface area is 137 Å².